The molecule has 9 aromatic rings. The molecule has 2 aliphatic carbocycles. The third-order valence-electron chi connectivity index (χ3n) is 14.9. The summed E-state index contributed by atoms with van der Waals surface area (Å²) in [6, 6.07) is 83.0. The summed E-state index contributed by atoms with van der Waals surface area (Å²) in [5.41, 5.74) is 22.7. The zero-order chi connectivity index (χ0) is 42.7. The van der Waals surface area contributed by atoms with Crippen molar-refractivity contribution in [3.8, 4) is 33.4 Å². The van der Waals surface area contributed by atoms with E-state index < -0.39 is 10.8 Å². The van der Waals surface area contributed by atoms with Crippen molar-refractivity contribution in [2.45, 2.75) is 56.8 Å². The highest BCUT2D eigenvalue weighted by atomic mass is 14.5. The Hall–Kier alpha value is -7.02. The summed E-state index contributed by atoms with van der Waals surface area (Å²) in [7, 11) is 0. The van der Waals surface area contributed by atoms with Crippen LogP contribution in [-0.2, 0) is 17.3 Å². The molecule has 0 aromatic heterocycles. The summed E-state index contributed by atoms with van der Waals surface area (Å²) in [6.07, 6.45) is 1.04. The molecule has 0 saturated heterocycles. The predicted molar refractivity (Wildman–Crippen MR) is 264 cm³/mol. The van der Waals surface area contributed by atoms with Gasteiger partial charge < -0.3 is 0 Å². The molecule has 0 spiro atoms. The van der Waals surface area contributed by atoms with Crippen molar-refractivity contribution in [2.24, 2.45) is 0 Å². The number of aryl methyl sites for hydroxylation is 2. The largest absolute Gasteiger partial charge is 0.0713 e. The Kier molecular flexibility index (Phi) is 9.50. The van der Waals surface area contributed by atoms with Crippen LogP contribution in [0, 0.1) is 6.92 Å². The van der Waals surface area contributed by atoms with E-state index in [0.717, 1.165) is 6.42 Å². The molecule has 2 atom stereocenters. The van der Waals surface area contributed by atoms with Gasteiger partial charge in [-0.15, -0.1) is 0 Å². The average Bonchev–Trinajstić information content (AvgIpc) is 3.83. The standard InChI is InChI=1S/C63H52/c1-5-45-33-35-46(36-34-45)43(3)44(4)51-39-38-50(63(48-22-10-7-11-23-48)60-30-18-14-26-54(60)55-27-15-19-31-61(55)63)41-57(51)56-40-49(37-32-42(56)2)62(47-20-8-6-9-21-47)58-28-16-12-24-52(58)53-25-13-17-29-59(53)62/h6-41,43-44H,5H2,1-4H3. The van der Waals surface area contributed by atoms with Crippen LogP contribution in [0.25, 0.3) is 33.4 Å². The molecule has 304 valence electrons. The molecule has 0 amide bonds. The molecule has 0 heterocycles. The summed E-state index contributed by atoms with van der Waals surface area (Å²) in [5.74, 6) is 0.528. The molecule has 0 heteroatoms. The summed E-state index contributed by atoms with van der Waals surface area (Å²) < 4.78 is 0. The highest BCUT2D eigenvalue weighted by molar-refractivity contribution is 5.89. The van der Waals surface area contributed by atoms with E-state index in [2.05, 4.69) is 246 Å². The van der Waals surface area contributed by atoms with Gasteiger partial charge in [0.1, 0.15) is 0 Å². The van der Waals surface area contributed by atoms with E-state index in [0.29, 0.717) is 5.92 Å². The fourth-order valence-electron chi connectivity index (χ4n) is 11.6. The Balaban J connectivity index is 1.20. The van der Waals surface area contributed by atoms with Gasteiger partial charge in [-0.25, -0.2) is 0 Å². The van der Waals surface area contributed by atoms with Crippen molar-refractivity contribution in [1.29, 1.82) is 0 Å². The monoisotopic (exact) mass is 808 g/mol. The van der Waals surface area contributed by atoms with Crippen molar-refractivity contribution in [3.05, 3.63) is 285 Å². The molecule has 0 bridgehead atoms. The first-order valence-corrected chi connectivity index (χ1v) is 22.8. The molecule has 2 unspecified atom stereocenters. The zero-order valence-electron chi connectivity index (χ0n) is 36.6. The van der Waals surface area contributed by atoms with Crippen LogP contribution in [0.15, 0.2) is 218 Å². The molecule has 0 fully saturated rings. The van der Waals surface area contributed by atoms with Crippen LogP contribution in [0.4, 0.5) is 0 Å². The second-order valence-corrected chi connectivity index (χ2v) is 17.9. The van der Waals surface area contributed by atoms with Crippen molar-refractivity contribution in [3.63, 3.8) is 0 Å². The lowest BCUT2D eigenvalue weighted by atomic mass is 9.66. The fourth-order valence-corrected chi connectivity index (χ4v) is 11.6. The van der Waals surface area contributed by atoms with Crippen LogP contribution >= 0.6 is 0 Å². The van der Waals surface area contributed by atoms with Gasteiger partial charge in [0.2, 0.25) is 0 Å². The quantitative estimate of drug-likeness (QED) is 0.136. The Labute approximate surface area is 373 Å². The van der Waals surface area contributed by atoms with Gasteiger partial charge in [0.05, 0.1) is 10.8 Å². The van der Waals surface area contributed by atoms with Gasteiger partial charge >= 0.3 is 0 Å². The van der Waals surface area contributed by atoms with E-state index in [1.165, 1.54) is 100 Å². The average molecular weight is 809 g/mol. The topological polar surface area (TPSA) is 0 Å². The molecule has 2 aliphatic rings. The van der Waals surface area contributed by atoms with Gasteiger partial charge in [-0.3, -0.25) is 0 Å². The van der Waals surface area contributed by atoms with Gasteiger partial charge in [0.25, 0.3) is 0 Å². The van der Waals surface area contributed by atoms with Crippen LogP contribution in [0.5, 0.6) is 0 Å². The molecule has 9 aromatic carbocycles. The van der Waals surface area contributed by atoms with Crippen molar-refractivity contribution in [1.82, 2.24) is 0 Å². The molecule has 0 saturated carbocycles. The maximum Gasteiger partial charge on any atom is 0.0713 e. The number of benzene rings is 9. The summed E-state index contributed by atoms with van der Waals surface area (Å²) >= 11 is 0. The first-order valence-electron chi connectivity index (χ1n) is 22.8. The highest BCUT2D eigenvalue weighted by Gasteiger charge is 2.48. The lowest BCUT2D eigenvalue weighted by Crippen LogP contribution is -2.29. The molecule has 0 radical (unpaired) electrons. The number of rotatable bonds is 9. The maximum atomic E-state index is 2.59. The first-order chi connectivity index (χ1) is 31.0. The minimum Gasteiger partial charge on any atom is -0.0622 e. The minimum absolute atomic E-state index is 0.233. The zero-order valence-corrected chi connectivity index (χ0v) is 36.6. The van der Waals surface area contributed by atoms with Crippen LogP contribution in [-0.4, -0.2) is 0 Å². The molecule has 63 heavy (non-hydrogen) atoms. The normalized spacial score (nSPS) is 14.9. The third-order valence-corrected chi connectivity index (χ3v) is 14.9. The molecule has 0 nitrogen and oxygen atoms in total. The van der Waals surface area contributed by atoms with E-state index in [1.54, 1.807) is 0 Å². The predicted octanol–water partition coefficient (Wildman–Crippen LogP) is 15.9. The van der Waals surface area contributed by atoms with Gasteiger partial charge in [-0.05, 0) is 137 Å². The number of fused-ring (bicyclic) bond motifs is 6. The van der Waals surface area contributed by atoms with Crippen LogP contribution < -0.4 is 0 Å². The highest BCUT2D eigenvalue weighted by Crippen LogP contribution is 2.59. The lowest BCUT2D eigenvalue weighted by Gasteiger charge is -2.36. The van der Waals surface area contributed by atoms with Gasteiger partial charge in [0, 0.05) is 0 Å². The lowest BCUT2D eigenvalue weighted by molar-refractivity contribution is 0.624. The SMILES string of the molecule is CCc1ccc(C(C)C(C)c2ccc(C3(c4ccccc4)c4ccccc4-c4ccccc43)cc2-c2cc(C3(c4ccccc4)c4ccccc4-c4ccccc43)ccc2C)cc1. The summed E-state index contributed by atoms with van der Waals surface area (Å²) in [4.78, 5) is 0. The Morgan fingerprint density at radius 2 is 0.746 bits per heavy atom. The van der Waals surface area contributed by atoms with Crippen LogP contribution in [0.2, 0.25) is 0 Å². The van der Waals surface area contributed by atoms with Crippen molar-refractivity contribution in [2.75, 3.05) is 0 Å². The van der Waals surface area contributed by atoms with Crippen LogP contribution in [0.3, 0.4) is 0 Å². The van der Waals surface area contributed by atoms with Gasteiger partial charge in [0.15, 0.2) is 0 Å². The van der Waals surface area contributed by atoms with E-state index in [1.807, 2.05) is 0 Å². The molecular formula is C63H52. The van der Waals surface area contributed by atoms with Crippen LogP contribution in [0.1, 0.15) is 99.4 Å². The minimum atomic E-state index is -0.507. The van der Waals surface area contributed by atoms with Gasteiger partial charge in [-0.2, -0.15) is 0 Å². The Bertz CT molecular complexity index is 3040. The second kappa shape index (κ2) is 15.4. The van der Waals surface area contributed by atoms with Crippen molar-refractivity contribution >= 4 is 0 Å². The van der Waals surface area contributed by atoms with E-state index in [4.69, 9.17) is 0 Å². The summed E-state index contributed by atoms with van der Waals surface area (Å²) in [6.45, 7) is 9.40. The smallest absolute Gasteiger partial charge is 0.0622 e. The van der Waals surface area contributed by atoms with E-state index in [9.17, 15) is 0 Å². The van der Waals surface area contributed by atoms with Crippen molar-refractivity contribution < 1.29 is 0 Å². The maximum absolute atomic E-state index is 2.59. The fraction of sp³-hybridized carbons (Fsp3) is 0.143. The first kappa shape index (κ1) is 38.9. The molecule has 0 aliphatic heterocycles. The van der Waals surface area contributed by atoms with E-state index in [-0.39, 0.29) is 5.92 Å². The third kappa shape index (κ3) is 5.81. The molecular weight excluding hydrogens is 757 g/mol. The number of hydrogen-bond acceptors (Lipinski definition) is 0. The summed E-state index contributed by atoms with van der Waals surface area (Å²) in [5, 5.41) is 0. The Morgan fingerprint density at radius 1 is 0.349 bits per heavy atom. The van der Waals surface area contributed by atoms with E-state index >= 15 is 0 Å². The second-order valence-electron chi connectivity index (χ2n) is 17.9. The molecule has 11 rings (SSSR count). The molecule has 0 N–H and O–H groups in total. The Morgan fingerprint density at radius 3 is 1.19 bits per heavy atom. The van der Waals surface area contributed by atoms with Gasteiger partial charge in [-0.1, -0.05) is 227 Å². The number of hydrogen-bond donors (Lipinski definition) is 0.